The molecule has 1 fully saturated rings. The summed E-state index contributed by atoms with van der Waals surface area (Å²) in [5, 5.41) is 0. The Balaban J connectivity index is 1.67. The van der Waals surface area contributed by atoms with Crippen molar-refractivity contribution in [2.24, 2.45) is 11.8 Å². The van der Waals surface area contributed by atoms with Crippen molar-refractivity contribution in [1.29, 1.82) is 0 Å². The third-order valence-electron chi connectivity index (χ3n) is 4.20. The number of hydrogen-bond donors (Lipinski definition) is 0. The summed E-state index contributed by atoms with van der Waals surface area (Å²) in [5.74, 6) is 1.74. The van der Waals surface area contributed by atoms with Crippen LogP contribution in [0.1, 0.15) is 56.3 Å². The van der Waals surface area contributed by atoms with E-state index in [1.165, 1.54) is 19.3 Å². The predicted octanol–water partition coefficient (Wildman–Crippen LogP) is 5.25. The molecule has 0 saturated heterocycles. The molecule has 1 aromatic carbocycles. The highest BCUT2D eigenvalue weighted by Crippen LogP contribution is 2.30. The number of rotatable bonds is 6. The number of carbonyl (C=O) groups excluding carboxylic acids is 1. The number of ether oxygens (including phenoxy) is 1. The third-order valence-corrected chi connectivity index (χ3v) is 4.73. The lowest BCUT2D eigenvalue weighted by atomic mass is 9.82. The van der Waals surface area contributed by atoms with Gasteiger partial charge in [-0.1, -0.05) is 41.9 Å². The molecule has 0 aliphatic heterocycles. The van der Waals surface area contributed by atoms with Crippen molar-refractivity contribution in [3.63, 3.8) is 0 Å². The van der Waals surface area contributed by atoms with Gasteiger partial charge in [0.05, 0.1) is 6.10 Å². The molecule has 2 unspecified atom stereocenters. The summed E-state index contributed by atoms with van der Waals surface area (Å²) in [7, 11) is 0. The molecule has 0 bridgehead atoms. The average Bonchev–Trinajstić information content (AvgIpc) is 2.43. The first-order valence-corrected chi connectivity index (χ1v) is 8.74. The lowest BCUT2D eigenvalue weighted by Gasteiger charge is -2.31. The van der Waals surface area contributed by atoms with Gasteiger partial charge >= 0.3 is 0 Å². The van der Waals surface area contributed by atoms with Gasteiger partial charge in [-0.15, -0.1) is 0 Å². The fourth-order valence-electron chi connectivity index (χ4n) is 3.27. The molecule has 2 atom stereocenters. The van der Waals surface area contributed by atoms with Gasteiger partial charge in [0.15, 0.2) is 5.78 Å². The molecule has 21 heavy (non-hydrogen) atoms. The van der Waals surface area contributed by atoms with Crippen molar-refractivity contribution in [2.75, 3.05) is 6.61 Å². The highest BCUT2D eigenvalue weighted by atomic mass is 79.9. The Hall–Kier alpha value is -0.670. The normalized spacial score (nSPS) is 25.8. The average molecular weight is 353 g/mol. The summed E-state index contributed by atoms with van der Waals surface area (Å²) in [6, 6.07) is 7.57. The van der Waals surface area contributed by atoms with Gasteiger partial charge in [0.2, 0.25) is 0 Å². The van der Waals surface area contributed by atoms with Crippen molar-refractivity contribution in [2.45, 2.75) is 52.1 Å². The van der Waals surface area contributed by atoms with Crippen molar-refractivity contribution in [3.05, 3.63) is 34.3 Å². The highest BCUT2D eigenvalue weighted by molar-refractivity contribution is 9.10. The summed E-state index contributed by atoms with van der Waals surface area (Å²) < 4.78 is 6.97. The molecule has 2 rings (SSSR count). The van der Waals surface area contributed by atoms with E-state index in [9.17, 15) is 4.79 Å². The number of hydrogen-bond acceptors (Lipinski definition) is 2. The lowest BCUT2D eigenvalue weighted by molar-refractivity contribution is -0.000262. The number of carbonyl (C=O) groups is 1. The van der Waals surface area contributed by atoms with E-state index in [1.807, 2.05) is 24.3 Å². The Morgan fingerprint density at radius 1 is 1.14 bits per heavy atom. The third kappa shape index (κ3) is 5.55. The quantitative estimate of drug-likeness (QED) is 0.516. The monoisotopic (exact) mass is 352 g/mol. The number of ketones is 1. The molecule has 0 N–H and O–H groups in total. The molecule has 1 aliphatic carbocycles. The number of benzene rings is 1. The number of halogens is 1. The zero-order valence-electron chi connectivity index (χ0n) is 13.0. The van der Waals surface area contributed by atoms with E-state index < -0.39 is 0 Å². The van der Waals surface area contributed by atoms with E-state index in [0.717, 1.165) is 28.3 Å². The summed E-state index contributed by atoms with van der Waals surface area (Å²) in [6.45, 7) is 5.32. The zero-order valence-corrected chi connectivity index (χ0v) is 14.6. The summed E-state index contributed by atoms with van der Waals surface area (Å²) >= 11 is 3.38. The molecule has 3 heteroatoms. The van der Waals surface area contributed by atoms with E-state index in [0.29, 0.717) is 19.1 Å². The van der Waals surface area contributed by atoms with E-state index in [4.69, 9.17) is 4.74 Å². The highest BCUT2D eigenvalue weighted by Gasteiger charge is 2.24. The van der Waals surface area contributed by atoms with E-state index >= 15 is 0 Å². The lowest BCUT2D eigenvalue weighted by Crippen LogP contribution is -2.26. The van der Waals surface area contributed by atoms with Crippen LogP contribution in [0.5, 0.6) is 0 Å². The smallest absolute Gasteiger partial charge is 0.162 e. The molecule has 0 radical (unpaired) electrons. The Kier molecular flexibility index (Phi) is 6.43. The zero-order chi connectivity index (χ0) is 15.2. The van der Waals surface area contributed by atoms with Crippen LogP contribution in [-0.2, 0) is 4.74 Å². The minimum Gasteiger partial charge on any atom is -0.378 e. The number of Topliss-reactive ketones (excluding diaryl/α,β-unsaturated/α-hetero) is 1. The van der Waals surface area contributed by atoms with Crippen LogP contribution < -0.4 is 0 Å². The first kappa shape index (κ1) is 16.7. The molecule has 0 spiro atoms. The molecular formula is C18H25BrO2. The molecule has 0 amide bonds. The molecular weight excluding hydrogens is 328 g/mol. The van der Waals surface area contributed by atoms with Crippen LogP contribution in [0.25, 0.3) is 0 Å². The van der Waals surface area contributed by atoms with E-state index in [-0.39, 0.29) is 5.78 Å². The van der Waals surface area contributed by atoms with E-state index in [2.05, 4.69) is 29.8 Å². The molecule has 1 saturated carbocycles. The molecule has 0 heterocycles. The maximum absolute atomic E-state index is 12.0. The SMILES string of the molecule is CC1CC(C)CC(OCCCC(=O)c2ccc(Br)cc2)C1. The van der Waals surface area contributed by atoms with Gasteiger partial charge in [0.25, 0.3) is 0 Å². The molecule has 1 aromatic rings. The fourth-order valence-corrected chi connectivity index (χ4v) is 3.54. The second-order valence-electron chi connectivity index (χ2n) is 6.44. The van der Waals surface area contributed by atoms with Crippen LogP contribution in [0.15, 0.2) is 28.7 Å². The Morgan fingerprint density at radius 3 is 2.38 bits per heavy atom. The summed E-state index contributed by atoms with van der Waals surface area (Å²) in [4.78, 5) is 12.0. The van der Waals surface area contributed by atoms with Crippen LogP contribution in [0.4, 0.5) is 0 Å². The molecule has 1 aliphatic rings. The van der Waals surface area contributed by atoms with Crippen LogP contribution in [0.2, 0.25) is 0 Å². The van der Waals surface area contributed by atoms with Gasteiger partial charge in [-0.3, -0.25) is 4.79 Å². The van der Waals surface area contributed by atoms with E-state index in [1.54, 1.807) is 0 Å². The van der Waals surface area contributed by atoms with Crippen LogP contribution in [-0.4, -0.2) is 18.5 Å². The maximum atomic E-state index is 12.0. The van der Waals surface area contributed by atoms with Crippen molar-refractivity contribution in [3.8, 4) is 0 Å². The largest absolute Gasteiger partial charge is 0.378 e. The van der Waals surface area contributed by atoms with Crippen molar-refractivity contribution >= 4 is 21.7 Å². The second kappa shape index (κ2) is 8.09. The van der Waals surface area contributed by atoms with Crippen LogP contribution in [0, 0.1) is 11.8 Å². The summed E-state index contributed by atoms with van der Waals surface area (Å²) in [5.41, 5.74) is 0.790. The van der Waals surface area contributed by atoms with Gasteiger partial charge in [-0.25, -0.2) is 0 Å². The van der Waals surface area contributed by atoms with Gasteiger partial charge in [0.1, 0.15) is 0 Å². The molecule has 2 nitrogen and oxygen atoms in total. The predicted molar refractivity (Wildman–Crippen MR) is 89.6 cm³/mol. The van der Waals surface area contributed by atoms with Crippen LogP contribution >= 0.6 is 15.9 Å². The second-order valence-corrected chi connectivity index (χ2v) is 7.36. The molecule has 116 valence electrons. The van der Waals surface area contributed by atoms with Crippen molar-refractivity contribution < 1.29 is 9.53 Å². The minimum atomic E-state index is 0.205. The minimum absolute atomic E-state index is 0.205. The van der Waals surface area contributed by atoms with Crippen LogP contribution in [0.3, 0.4) is 0 Å². The molecule has 0 aromatic heterocycles. The Bertz CT molecular complexity index is 445. The van der Waals surface area contributed by atoms with Crippen molar-refractivity contribution in [1.82, 2.24) is 0 Å². The first-order valence-electron chi connectivity index (χ1n) is 7.95. The Morgan fingerprint density at radius 2 is 1.76 bits per heavy atom. The maximum Gasteiger partial charge on any atom is 0.162 e. The van der Waals surface area contributed by atoms with Gasteiger partial charge in [0, 0.05) is 23.1 Å². The standard InChI is InChI=1S/C18H25BrO2/c1-13-10-14(2)12-17(11-13)21-9-3-4-18(20)15-5-7-16(19)8-6-15/h5-8,13-14,17H,3-4,9-12H2,1-2H3. The topological polar surface area (TPSA) is 26.3 Å². The van der Waals surface area contributed by atoms with Gasteiger partial charge in [-0.05, 0) is 49.7 Å². The van der Waals surface area contributed by atoms with Gasteiger partial charge < -0.3 is 4.74 Å². The van der Waals surface area contributed by atoms with Gasteiger partial charge in [-0.2, -0.15) is 0 Å². The fraction of sp³-hybridized carbons (Fsp3) is 0.611. The first-order chi connectivity index (χ1) is 10.0. The summed E-state index contributed by atoms with van der Waals surface area (Å²) in [6.07, 6.45) is 5.44. The Labute approximate surface area is 136 Å².